The monoisotopic (exact) mass is 402 g/mol. The lowest BCUT2D eigenvalue weighted by molar-refractivity contribution is 0.0138. The molecule has 1 atom stereocenters. The third kappa shape index (κ3) is 4.54. The standard InChI is InChI=1S/C26H30N2O2/c1-30-24-23(19-27-20-28-24)26(29)14-8-13-25(15-16-26,17-21-9-4-2-5-10-21)18-22-11-6-3-7-12-22/h2-7,9-12,19-20,29H,8,13-18H2,1H3. The van der Waals surface area contributed by atoms with Gasteiger partial charge in [0.15, 0.2) is 0 Å². The maximum Gasteiger partial charge on any atom is 0.222 e. The zero-order valence-electron chi connectivity index (χ0n) is 17.6. The Morgan fingerprint density at radius 2 is 1.50 bits per heavy atom. The van der Waals surface area contributed by atoms with Crippen molar-refractivity contribution >= 4 is 0 Å². The number of hydrogen-bond donors (Lipinski definition) is 1. The first-order chi connectivity index (χ1) is 14.6. The van der Waals surface area contributed by atoms with Crippen LogP contribution in [0.4, 0.5) is 0 Å². The summed E-state index contributed by atoms with van der Waals surface area (Å²) in [5.74, 6) is 0.478. The summed E-state index contributed by atoms with van der Waals surface area (Å²) in [6.07, 6.45) is 9.56. The van der Waals surface area contributed by atoms with Crippen LogP contribution in [0.1, 0.15) is 48.8 Å². The summed E-state index contributed by atoms with van der Waals surface area (Å²) in [4.78, 5) is 8.39. The molecule has 1 aromatic heterocycles. The van der Waals surface area contributed by atoms with Gasteiger partial charge in [-0.25, -0.2) is 9.97 Å². The summed E-state index contributed by atoms with van der Waals surface area (Å²) < 4.78 is 5.44. The fourth-order valence-electron chi connectivity index (χ4n) is 5.02. The van der Waals surface area contributed by atoms with Gasteiger partial charge < -0.3 is 9.84 Å². The van der Waals surface area contributed by atoms with Crippen molar-refractivity contribution in [1.29, 1.82) is 0 Å². The van der Waals surface area contributed by atoms with E-state index >= 15 is 0 Å². The average molecular weight is 403 g/mol. The van der Waals surface area contributed by atoms with E-state index in [1.54, 1.807) is 13.3 Å². The fraction of sp³-hybridized carbons (Fsp3) is 0.385. The number of methoxy groups -OCH3 is 1. The van der Waals surface area contributed by atoms with E-state index in [1.807, 2.05) is 0 Å². The molecule has 1 fully saturated rings. The molecule has 0 aliphatic heterocycles. The Kier molecular flexibility index (Phi) is 6.14. The molecule has 1 N–H and O–H groups in total. The number of aliphatic hydroxyl groups is 1. The number of aromatic nitrogens is 2. The van der Waals surface area contributed by atoms with Crippen LogP contribution in [-0.4, -0.2) is 22.2 Å². The van der Waals surface area contributed by atoms with Gasteiger partial charge in [0.05, 0.1) is 18.3 Å². The molecule has 1 saturated carbocycles. The maximum absolute atomic E-state index is 11.6. The van der Waals surface area contributed by atoms with E-state index in [0.29, 0.717) is 24.3 Å². The van der Waals surface area contributed by atoms with Crippen LogP contribution in [0.3, 0.4) is 0 Å². The molecule has 4 rings (SSSR count). The van der Waals surface area contributed by atoms with Crippen molar-refractivity contribution in [2.24, 2.45) is 5.41 Å². The summed E-state index contributed by atoms with van der Waals surface area (Å²) >= 11 is 0. The molecule has 0 saturated heterocycles. The lowest BCUT2D eigenvalue weighted by Gasteiger charge is -2.34. The van der Waals surface area contributed by atoms with Gasteiger partial charge in [0.1, 0.15) is 6.33 Å². The zero-order chi connectivity index (χ0) is 20.9. The normalized spacial score (nSPS) is 21.0. The second-order valence-corrected chi connectivity index (χ2v) is 8.66. The average Bonchev–Trinajstić information content (AvgIpc) is 2.95. The highest BCUT2D eigenvalue weighted by Gasteiger charge is 2.41. The molecule has 0 bridgehead atoms. The molecule has 30 heavy (non-hydrogen) atoms. The maximum atomic E-state index is 11.6. The minimum atomic E-state index is -0.957. The molecule has 1 heterocycles. The highest BCUT2D eigenvalue weighted by Crippen LogP contribution is 2.47. The number of benzene rings is 2. The second kappa shape index (κ2) is 8.97. The minimum absolute atomic E-state index is 0.107. The second-order valence-electron chi connectivity index (χ2n) is 8.66. The van der Waals surface area contributed by atoms with Gasteiger partial charge in [0, 0.05) is 6.20 Å². The Morgan fingerprint density at radius 3 is 2.10 bits per heavy atom. The quantitative estimate of drug-likeness (QED) is 0.582. The van der Waals surface area contributed by atoms with E-state index in [0.717, 1.165) is 32.1 Å². The van der Waals surface area contributed by atoms with Crippen LogP contribution in [0.25, 0.3) is 0 Å². The summed E-state index contributed by atoms with van der Waals surface area (Å²) in [5, 5.41) is 11.6. The van der Waals surface area contributed by atoms with E-state index in [4.69, 9.17) is 4.74 Å². The molecule has 156 valence electrons. The van der Waals surface area contributed by atoms with Gasteiger partial charge in [-0.1, -0.05) is 60.7 Å². The van der Waals surface area contributed by atoms with E-state index in [1.165, 1.54) is 17.5 Å². The van der Waals surface area contributed by atoms with Crippen molar-refractivity contribution in [3.05, 3.63) is 89.9 Å². The van der Waals surface area contributed by atoms with Gasteiger partial charge in [-0.2, -0.15) is 0 Å². The van der Waals surface area contributed by atoms with Gasteiger partial charge >= 0.3 is 0 Å². The van der Waals surface area contributed by atoms with E-state index in [2.05, 4.69) is 70.6 Å². The fourth-order valence-corrected chi connectivity index (χ4v) is 5.02. The molecule has 2 aromatic carbocycles. The Morgan fingerprint density at radius 1 is 0.867 bits per heavy atom. The highest BCUT2D eigenvalue weighted by molar-refractivity contribution is 5.30. The molecule has 1 aliphatic rings. The van der Waals surface area contributed by atoms with Gasteiger partial charge in [0.25, 0.3) is 0 Å². The number of ether oxygens (including phenoxy) is 1. The first kappa shape index (κ1) is 20.5. The Balaban J connectivity index is 1.64. The van der Waals surface area contributed by atoms with Crippen LogP contribution >= 0.6 is 0 Å². The van der Waals surface area contributed by atoms with Crippen molar-refractivity contribution in [1.82, 2.24) is 9.97 Å². The predicted octanol–water partition coefficient (Wildman–Crippen LogP) is 5.11. The number of hydrogen-bond acceptors (Lipinski definition) is 4. The molecular formula is C26H30N2O2. The van der Waals surface area contributed by atoms with Crippen LogP contribution in [0.15, 0.2) is 73.2 Å². The third-order valence-electron chi connectivity index (χ3n) is 6.58. The SMILES string of the molecule is COc1ncncc1C1(O)CCCC(Cc2ccccc2)(Cc2ccccc2)CC1. The minimum Gasteiger partial charge on any atom is -0.481 e. The predicted molar refractivity (Wildman–Crippen MR) is 118 cm³/mol. The largest absolute Gasteiger partial charge is 0.481 e. The first-order valence-electron chi connectivity index (χ1n) is 10.8. The van der Waals surface area contributed by atoms with Crippen molar-refractivity contribution in [3.63, 3.8) is 0 Å². The summed E-state index contributed by atoms with van der Waals surface area (Å²) in [6.45, 7) is 0. The van der Waals surface area contributed by atoms with E-state index in [9.17, 15) is 5.11 Å². The van der Waals surface area contributed by atoms with Gasteiger partial charge in [-0.05, 0) is 61.5 Å². The molecule has 4 nitrogen and oxygen atoms in total. The summed E-state index contributed by atoms with van der Waals surface area (Å²) in [7, 11) is 1.60. The summed E-state index contributed by atoms with van der Waals surface area (Å²) in [5.41, 5.74) is 2.58. The Labute approximate surface area is 179 Å². The van der Waals surface area contributed by atoms with Crippen LogP contribution in [-0.2, 0) is 18.4 Å². The molecular weight excluding hydrogens is 372 g/mol. The van der Waals surface area contributed by atoms with Crippen LogP contribution in [0.5, 0.6) is 5.88 Å². The molecule has 1 unspecified atom stereocenters. The van der Waals surface area contributed by atoms with E-state index in [-0.39, 0.29) is 5.41 Å². The van der Waals surface area contributed by atoms with Crippen LogP contribution in [0, 0.1) is 5.41 Å². The first-order valence-corrected chi connectivity index (χ1v) is 10.8. The van der Waals surface area contributed by atoms with Crippen molar-refractivity contribution in [3.8, 4) is 5.88 Å². The third-order valence-corrected chi connectivity index (χ3v) is 6.58. The topological polar surface area (TPSA) is 55.2 Å². The molecule has 1 aliphatic carbocycles. The van der Waals surface area contributed by atoms with Gasteiger partial charge in [-0.3, -0.25) is 0 Å². The number of nitrogens with zero attached hydrogens (tertiary/aromatic N) is 2. The Bertz CT molecular complexity index is 904. The lowest BCUT2D eigenvalue weighted by atomic mass is 9.71. The van der Waals surface area contributed by atoms with E-state index < -0.39 is 5.60 Å². The molecule has 0 spiro atoms. The van der Waals surface area contributed by atoms with Crippen molar-refractivity contribution in [2.75, 3.05) is 7.11 Å². The van der Waals surface area contributed by atoms with Crippen LogP contribution in [0.2, 0.25) is 0 Å². The molecule has 4 heteroatoms. The zero-order valence-corrected chi connectivity index (χ0v) is 17.6. The molecule has 0 radical (unpaired) electrons. The highest BCUT2D eigenvalue weighted by atomic mass is 16.5. The Hall–Kier alpha value is -2.72. The van der Waals surface area contributed by atoms with Gasteiger partial charge in [0.2, 0.25) is 5.88 Å². The smallest absolute Gasteiger partial charge is 0.222 e. The van der Waals surface area contributed by atoms with Gasteiger partial charge in [-0.15, -0.1) is 0 Å². The lowest BCUT2D eigenvalue weighted by Crippen LogP contribution is -2.29. The summed E-state index contributed by atoms with van der Waals surface area (Å²) in [6, 6.07) is 21.5. The molecule has 0 amide bonds. The van der Waals surface area contributed by atoms with Crippen molar-refractivity contribution < 1.29 is 9.84 Å². The van der Waals surface area contributed by atoms with Crippen molar-refractivity contribution in [2.45, 2.75) is 50.5 Å². The van der Waals surface area contributed by atoms with Crippen LogP contribution < -0.4 is 4.74 Å². The molecule has 3 aromatic rings. The number of rotatable bonds is 6.